The van der Waals surface area contributed by atoms with Gasteiger partial charge in [-0.3, -0.25) is 4.99 Å². The minimum absolute atomic E-state index is 0.0815. The lowest BCUT2D eigenvalue weighted by Crippen LogP contribution is -2.18. The van der Waals surface area contributed by atoms with E-state index in [1.165, 1.54) is 17.8 Å². The molecule has 2 rings (SSSR count). The van der Waals surface area contributed by atoms with Crippen LogP contribution in [0.5, 0.6) is 0 Å². The van der Waals surface area contributed by atoms with E-state index in [4.69, 9.17) is 17.3 Å². The van der Waals surface area contributed by atoms with E-state index >= 15 is 0 Å². The third kappa shape index (κ3) is 1.15. The van der Waals surface area contributed by atoms with Crippen LogP contribution in [0.3, 0.4) is 0 Å². The molecule has 0 fully saturated rings. The van der Waals surface area contributed by atoms with Gasteiger partial charge in [0, 0.05) is 0 Å². The molecule has 64 valence electrons. The summed E-state index contributed by atoms with van der Waals surface area (Å²) in [7, 11) is 0. The zero-order chi connectivity index (χ0) is 8.72. The molecule has 2 aliphatic rings. The largest absolute Gasteiger partial charge is 0.379 e. The van der Waals surface area contributed by atoms with Gasteiger partial charge >= 0.3 is 0 Å². The van der Waals surface area contributed by atoms with Crippen molar-refractivity contribution in [2.45, 2.75) is 11.3 Å². The SMILES string of the molecule is NC1=NC2C=CC(F)=C(Cl)C2S1. The second-order valence-electron chi connectivity index (χ2n) is 2.55. The third-order valence-electron chi connectivity index (χ3n) is 1.75. The Morgan fingerprint density at radius 2 is 2.42 bits per heavy atom. The van der Waals surface area contributed by atoms with Crippen molar-refractivity contribution >= 4 is 28.5 Å². The first-order valence-corrected chi connectivity index (χ1v) is 4.67. The first-order chi connectivity index (χ1) is 5.68. The van der Waals surface area contributed by atoms with Crippen molar-refractivity contribution in [3.05, 3.63) is 23.0 Å². The molecule has 0 saturated heterocycles. The molecule has 12 heavy (non-hydrogen) atoms. The Balaban J connectivity index is 2.33. The zero-order valence-corrected chi connectivity index (χ0v) is 7.57. The predicted octanol–water partition coefficient (Wildman–Crippen LogP) is 1.77. The molecule has 1 aliphatic carbocycles. The van der Waals surface area contributed by atoms with Crippen LogP contribution in [0.1, 0.15) is 0 Å². The van der Waals surface area contributed by atoms with Crippen LogP contribution in [-0.2, 0) is 0 Å². The molecule has 5 heteroatoms. The van der Waals surface area contributed by atoms with Crippen LogP contribution in [0.25, 0.3) is 0 Å². The fourth-order valence-corrected chi connectivity index (χ4v) is 2.46. The van der Waals surface area contributed by atoms with Gasteiger partial charge in [-0.25, -0.2) is 4.39 Å². The molecule has 0 amide bonds. The normalized spacial score (nSPS) is 33.7. The second kappa shape index (κ2) is 2.78. The first kappa shape index (κ1) is 8.13. The zero-order valence-electron chi connectivity index (χ0n) is 6.00. The van der Waals surface area contributed by atoms with E-state index < -0.39 is 0 Å². The van der Waals surface area contributed by atoms with Gasteiger partial charge in [-0.1, -0.05) is 29.4 Å². The molecule has 0 aromatic rings. The fraction of sp³-hybridized carbons (Fsp3) is 0.286. The molecule has 0 saturated carbocycles. The quantitative estimate of drug-likeness (QED) is 0.653. The number of halogens is 2. The molecule has 0 bridgehead atoms. The summed E-state index contributed by atoms with van der Waals surface area (Å²) < 4.78 is 12.9. The van der Waals surface area contributed by atoms with Gasteiger partial charge in [0.15, 0.2) is 5.17 Å². The van der Waals surface area contributed by atoms with E-state index in [9.17, 15) is 4.39 Å². The number of aliphatic imine (C=N–C) groups is 1. The van der Waals surface area contributed by atoms with Gasteiger partial charge in [0.2, 0.25) is 0 Å². The lowest BCUT2D eigenvalue weighted by molar-refractivity contribution is 0.641. The minimum atomic E-state index is -0.379. The van der Waals surface area contributed by atoms with E-state index in [1.54, 1.807) is 6.08 Å². The molecule has 0 spiro atoms. The Labute approximate surface area is 78.4 Å². The van der Waals surface area contributed by atoms with E-state index in [2.05, 4.69) is 4.99 Å². The maximum atomic E-state index is 12.9. The van der Waals surface area contributed by atoms with Crippen molar-refractivity contribution in [3.63, 3.8) is 0 Å². The molecule has 2 unspecified atom stereocenters. The van der Waals surface area contributed by atoms with Gasteiger partial charge in [-0.15, -0.1) is 0 Å². The van der Waals surface area contributed by atoms with E-state index in [0.717, 1.165) is 0 Å². The Morgan fingerprint density at radius 3 is 3.17 bits per heavy atom. The van der Waals surface area contributed by atoms with Gasteiger partial charge in [0.05, 0.1) is 16.3 Å². The first-order valence-electron chi connectivity index (χ1n) is 3.42. The molecule has 2 nitrogen and oxygen atoms in total. The maximum absolute atomic E-state index is 12.9. The maximum Gasteiger partial charge on any atom is 0.155 e. The van der Waals surface area contributed by atoms with Crippen molar-refractivity contribution in [1.82, 2.24) is 0 Å². The number of hydrogen-bond acceptors (Lipinski definition) is 3. The summed E-state index contributed by atoms with van der Waals surface area (Å²) >= 11 is 7.05. The van der Waals surface area contributed by atoms with Gasteiger partial charge in [-0.05, 0) is 6.08 Å². The van der Waals surface area contributed by atoms with Crippen molar-refractivity contribution in [3.8, 4) is 0 Å². The van der Waals surface area contributed by atoms with E-state index in [-0.39, 0.29) is 22.2 Å². The number of amidine groups is 1. The van der Waals surface area contributed by atoms with Crippen molar-refractivity contribution in [2.24, 2.45) is 10.7 Å². The third-order valence-corrected chi connectivity index (χ3v) is 3.41. The summed E-state index contributed by atoms with van der Waals surface area (Å²) in [5.74, 6) is -0.379. The highest BCUT2D eigenvalue weighted by Gasteiger charge is 2.33. The highest BCUT2D eigenvalue weighted by molar-refractivity contribution is 8.14. The molecule has 0 aromatic carbocycles. The van der Waals surface area contributed by atoms with Crippen molar-refractivity contribution in [1.29, 1.82) is 0 Å². The topological polar surface area (TPSA) is 38.4 Å². The Kier molecular flexibility index (Phi) is 1.88. The molecule has 2 N–H and O–H groups in total. The highest BCUT2D eigenvalue weighted by atomic mass is 35.5. The number of hydrogen-bond donors (Lipinski definition) is 1. The summed E-state index contributed by atoms with van der Waals surface area (Å²) in [6, 6.07) is -0.0815. The van der Waals surface area contributed by atoms with Crippen molar-refractivity contribution < 1.29 is 4.39 Å². The van der Waals surface area contributed by atoms with Gasteiger partial charge < -0.3 is 5.73 Å². The van der Waals surface area contributed by atoms with Crippen LogP contribution in [0, 0.1) is 0 Å². The Bertz CT molecular complexity index is 311. The number of allylic oxidation sites excluding steroid dienone is 2. The molecule has 1 aliphatic heterocycles. The molecule has 1 heterocycles. The van der Waals surface area contributed by atoms with Crippen LogP contribution in [0.2, 0.25) is 0 Å². The van der Waals surface area contributed by atoms with Crippen LogP contribution >= 0.6 is 23.4 Å². The van der Waals surface area contributed by atoms with Gasteiger partial charge in [0.1, 0.15) is 5.83 Å². The molecular formula is C7H6ClFN2S. The average Bonchev–Trinajstić information content (AvgIpc) is 2.39. The number of thioether (sulfide) groups is 1. The summed E-state index contributed by atoms with van der Waals surface area (Å²) in [5, 5.41) is 0.552. The molecule has 0 radical (unpaired) electrons. The fourth-order valence-electron chi connectivity index (χ4n) is 1.19. The lowest BCUT2D eigenvalue weighted by atomic mass is 10.1. The monoisotopic (exact) mass is 204 g/mol. The standard InChI is InChI=1S/C7H6ClFN2S/c8-5-3(9)1-2-4-6(5)12-7(10)11-4/h1-2,4,6H,(H2,10,11). The number of rotatable bonds is 0. The predicted molar refractivity (Wildman–Crippen MR) is 49.9 cm³/mol. The summed E-state index contributed by atoms with van der Waals surface area (Å²) in [4.78, 5) is 4.08. The smallest absolute Gasteiger partial charge is 0.155 e. The van der Waals surface area contributed by atoms with Crippen LogP contribution < -0.4 is 5.73 Å². The average molecular weight is 205 g/mol. The van der Waals surface area contributed by atoms with E-state index in [1.807, 2.05) is 0 Å². The van der Waals surface area contributed by atoms with Gasteiger partial charge in [0.25, 0.3) is 0 Å². The number of nitrogens with zero attached hydrogens (tertiary/aromatic N) is 1. The van der Waals surface area contributed by atoms with Crippen molar-refractivity contribution in [2.75, 3.05) is 0 Å². The van der Waals surface area contributed by atoms with Crippen LogP contribution in [-0.4, -0.2) is 16.5 Å². The number of fused-ring (bicyclic) bond motifs is 1. The Morgan fingerprint density at radius 1 is 1.67 bits per heavy atom. The van der Waals surface area contributed by atoms with Crippen LogP contribution in [0.15, 0.2) is 28.0 Å². The molecule has 0 aromatic heterocycles. The lowest BCUT2D eigenvalue weighted by Gasteiger charge is -2.16. The second-order valence-corrected chi connectivity index (χ2v) is 4.12. The summed E-state index contributed by atoms with van der Waals surface area (Å²) in [6.07, 6.45) is 3.02. The van der Waals surface area contributed by atoms with E-state index in [0.29, 0.717) is 5.17 Å². The molecule has 2 atom stereocenters. The van der Waals surface area contributed by atoms with Crippen LogP contribution in [0.4, 0.5) is 4.39 Å². The number of nitrogens with two attached hydrogens (primary N) is 1. The highest BCUT2D eigenvalue weighted by Crippen LogP contribution is 2.38. The van der Waals surface area contributed by atoms with Gasteiger partial charge in [-0.2, -0.15) is 0 Å². The summed E-state index contributed by atoms with van der Waals surface area (Å²) in [5.41, 5.74) is 5.48. The molecular weight excluding hydrogens is 199 g/mol. The minimum Gasteiger partial charge on any atom is -0.379 e. The summed E-state index contributed by atoms with van der Waals surface area (Å²) in [6.45, 7) is 0. The Hall–Kier alpha value is -0.480.